The molecule has 9 heteroatoms. The van der Waals surface area contributed by atoms with Crippen molar-refractivity contribution in [2.24, 2.45) is 0 Å². The highest BCUT2D eigenvalue weighted by Gasteiger charge is 2.19. The Morgan fingerprint density at radius 1 is 1.33 bits per heavy atom. The molecule has 0 bridgehead atoms. The Hall–Kier alpha value is -2.13. The number of sulfonamides is 1. The second-order valence-corrected chi connectivity index (χ2v) is 6.23. The molecular weight excluding hydrogens is 298 g/mol. The largest absolute Gasteiger partial charge is 0.478 e. The monoisotopic (exact) mass is 315 g/mol. The number of aromatic carboxylic acids is 1. The Balaban J connectivity index is 2.84. The van der Waals surface area contributed by atoms with Crippen molar-refractivity contribution in [3.05, 3.63) is 23.8 Å². The van der Waals surface area contributed by atoms with Gasteiger partial charge in [0, 0.05) is 27.1 Å². The first kappa shape index (κ1) is 16.9. The second-order valence-electron chi connectivity index (χ2n) is 4.49. The van der Waals surface area contributed by atoms with E-state index in [9.17, 15) is 18.0 Å². The third-order valence-electron chi connectivity index (χ3n) is 2.68. The van der Waals surface area contributed by atoms with Gasteiger partial charge in [-0.15, -0.1) is 0 Å². The van der Waals surface area contributed by atoms with Crippen LogP contribution in [0.25, 0.3) is 0 Å². The summed E-state index contributed by atoms with van der Waals surface area (Å²) < 4.78 is 26.3. The quantitative estimate of drug-likeness (QED) is 0.619. The van der Waals surface area contributed by atoms with E-state index in [4.69, 9.17) is 10.8 Å². The topological polar surface area (TPSA) is 130 Å². The van der Waals surface area contributed by atoms with Crippen molar-refractivity contribution >= 4 is 27.6 Å². The molecule has 1 aromatic carbocycles. The van der Waals surface area contributed by atoms with E-state index in [0.717, 1.165) is 18.2 Å². The van der Waals surface area contributed by atoms with Crippen LogP contribution in [-0.4, -0.2) is 50.9 Å². The van der Waals surface area contributed by atoms with E-state index in [-0.39, 0.29) is 35.0 Å². The van der Waals surface area contributed by atoms with E-state index in [1.54, 1.807) is 14.1 Å². The zero-order valence-electron chi connectivity index (χ0n) is 11.7. The first-order valence-corrected chi connectivity index (χ1v) is 7.46. The van der Waals surface area contributed by atoms with Gasteiger partial charge in [-0.2, -0.15) is 0 Å². The lowest BCUT2D eigenvalue weighted by atomic mass is 10.2. The van der Waals surface area contributed by atoms with Crippen molar-refractivity contribution in [1.82, 2.24) is 9.62 Å². The summed E-state index contributed by atoms with van der Waals surface area (Å²) in [7, 11) is -0.756. The minimum Gasteiger partial charge on any atom is -0.478 e. The average Bonchev–Trinajstić information content (AvgIpc) is 2.37. The van der Waals surface area contributed by atoms with Gasteiger partial charge in [0.15, 0.2) is 0 Å². The zero-order valence-corrected chi connectivity index (χ0v) is 12.5. The Bertz CT molecular complexity index is 655. The van der Waals surface area contributed by atoms with Gasteiger partial charge < -0.3 is 15.7 Å². The van der Waals surface area contributed by atoms with Crippen LogP contribution in [0.15, 0.2) is 23.1 Å². The minimum absolute atomic E-state index is 0.0132. The summed E-state index contributed by atoms with van der Waals surface area (Å²) in [5.74, 6) is -1.41. The van der Waals surface area contributed by atoms with Gasteiger partial charge in [0.25, 0.3) is 0 Å². The maximum atomic E-state index is 12.0. The molecule has 0 unspecified atom stereocenters. The molecule has 8 nitrogen and oxygen atoms in total. The Labute approximate surface area is 122 Å². The molecule has 0 aliphatic rings. The van der Waals surface area contributed by atoms with E-state index in [1.807, 2.05) is 0 Å². The summed E-state index contributed by atoms with van der Waals surface area (Å²) in [6.45, 7) is -0.0700. The number of anilines is 1. The number of nitrogens with two attached hydrogens (primary N) is 1. The first-order chi connectivity index (χ1) is 9.65. The van der Waals surface area contributed by atoms with Crippen molar-refractivity contribution in [2.75, 3.05) is 26.4 Å². The smallest absolute Gasteiger partial charge is 0.335 e. The van der Waals surface area contributed by atoms with Gasteiger partial charge >= 0.3 is 5.97 Å². The number of carboxylic acid groups (broad SMARTS) is 1. The number of carboxylic acids is 1. The number of nitrogens with zero attached hydrogens (tertiary/aromatic N) is 1. The lowest BCUT2D eigenvalue weighted by Gasteiger charge is -2.12. The average molecular weight is 315 g/mol. The standard InChI is InChI=1S/C12H17N3O5S/c1-15(2)11(16)5-6-14-21(19,20)10-4-3-8(12(17)18)7-9(10)13/h3-4,7,14H,5-6,13H2,1-2H3,(H,17,18). The molecular formula is C12H17N3O5S. The van der Waals surface area contributed by atoms with E-state index in [1.165, 1.54) is 4.90 Å². The van der Waals surface area contributed by atoms with Crippen LogP contribution in [0.4, 0.5) is 5.69 Å². The van der Waals surface area contributed by atoms with Gasteiger partial charge in [-0.25, -0.2) is 17.9 Å². The lowest BCUT2D eigenvalue weighted by molar-refractivity contribution is -0.128. The molecule has 0 radical (unpaired) electrons. The fourth-order valence-electron chi connectivity index (χ4n) is 1.52. The summed E-state index contributed by atoms with van der Waals surface area (Å²) in [4.78, 5) is 23.2. The number of rotatable bonds is 6. The number of hydrogen-bond donors (Lipinski definition) is 3. The van der Waals surface area contributed by atoms with Crippen LogP contribution in [0.2, 0.25) is 0 Å². The molecule has 0 saturated heterocycles. The summed E-state index contributed by atoms with van der Waals surface area (Å²) >= 11 is 0. The fourth-order valence-corrected chi connectivity index (χ4v) is 2.66. The van der Waals surface area contributed by atoms with Crippen molar-refractivity contribution in [2.45, 2.75) is 11.3 Å². The lowest BCUT2D eigenvalue weighted by Crippen LogP contribution is -2.30. The van der Waals surface area contributed by atoms with Crippen LogP contribution >= 0.6 is 0 Å². The SMILES string of the molecule is CN(C)C(=O)CCNS(=O)(=O)c1ccc(C(=O)O)cc1N. The Morgan fingerprint density at radius 2 is 1.95 bits per heavy atom. The molecule has 1 amide bonds. The Kier molecular flexibility index (Phi) is 5.28. The molecule has 0 fully saturated rings. The van der Waals surface area contributed by atoms with Crippen LogP contribution in [0.3, 0.4) is 0 Å². The summed E-state index contributed by atoms with van der Waals surface area (Å²) in [5.41, 5.74) is 5.30. The molecule has 0 heterocycles. The van der Waals surface area contributed by atoms with Crippen LogP contribution in [0, 0.1) is 0 Å². The number of amides is 1. The molecule has 0 aliphatic carbocycles. The fraction of sp³-hybridized carbons (Fsp3) is 0.333. The van der Waals surface area contributed by atoms with Gasteiger partial charge in [0.2, 0.25) is 15.9 Å². The van der Waals surface area contributed by atoms with Crippen molar-refractivity contribution in [1.29, 1.82) is 0 Å². The molecule has 0 aromatic heterocycles. The number of nitrogen functional groups attached to an aromatic ring is 1. The minimum atomic E-state index is -3.89. The zero-order chi connectivity index (χ0) is 16.2. The van der Waals surface area contributed by atoms with Crippen molar-refractivity contribution in [3.8, 4) is 0 Å². The van der Waals surface area contributed by atoms with Gasteiger partial charge in [0.05, 0.1) is 11.3 Å². The molecule has 116 valence electrons. The molecule has 21 heavy (non-hydrogen) atoms. The second kappa shape index (κ2) is 6.55. The number of nitrogens with one attached hydrogen (secondary N) is 1. The molecule has 0 spiro atoms. The normalized spacial score (nSPS) is 11.1. The number of benzene rings is 1. The summed E-state index contributed by atoms with van der Waals surface area (Å²) in [5, 5.41) is 8.79. The third-order valence-corrected chi connectivity index (χ3v) is 4.21. The predicted molar refractivity (Wildman–Crippen MR) is 76.3 cm³/mol. The van der Waals surface area contributed by atoms with E-state index in [2.05, 4.69) is 4.72 Å². The molecule has 1 rings (SSSR count). The van der Waals surface area contributed by atoms with Gasteiger partial charge in [-0.3, -0.25) is 4.79 Å². The van der Waals surface area contributed by atoms with Gasteiger partial charge in [0.1, 0.15) is 4.90 Å². The molecule has 1 aromatic rings. The number of carbonyl (C=O) groups excluding carboxylic acids is 1. The molecule has 0 aliphatic heterocycles. The van der Waals surface area contributed by atoms with Crippen LogP contribution in [-0.2, 0) is 14.8 Å². The number of hydrogen-bond acceptors (Lipinski definition) is 5. The molecule has 4 N–H and O–H groups in total. The highest BCUT2D eigenvalue weighted by atomic mass is 32.2. The van der Waals surface area contributed by atoms with Crippen LogP contribution < -0.4 is 10.5 Å². The van der Waals surface area contributed by atoms with Crippen LogP contribution in [0.5, 0.6) is 0 Å². The van der Waals surface area contributed by atoms with Crippen molar-refractivity contribution in [3.63, 3.8) is 0 Å². The maximum Gasteiger partial charge on any atom is 0.335 e. The molecule has 0 saturated carbocycles. The maximum absolute atomic E-state index is 12.0. The third kappa shape index (κ3) is 4.43. The van der Waals surface area contributed by atoms with Gasteiger partial charge in [-0.1, -0.05) is 0 Å². The summed E-state index contributed by atoms with van der Waals surface area (Å²) in [6.07, 6.45) is 0.0132. The Morgan fingerprint density at radius 3 is 2.43 bits per heavy atom. The highest BCUT2D eigenvalue weighted by molar-refractivity contribution is 7.89. The number of carbonyl (C=O) groups is 2. The first-order valence-electron chi connectivity index (χ1n) is 5.98. The van der Waals surface area contributed by atoms with Crippen LogP contribution in [0.1, 0.15) is 16.8 Å². The highest BCUT2D eigenvalue weighted by Crippen LogP contribution is 2.19. The van der Waals surface area contributed by atoms with E-state index in [0.29, 0.717) is 0 Å². The van der Waals surface area contributed by atoms with Gasteiger partial charge in [-0.05, 0) is 18.2 Å². The van der Waals surface area contributed by atoms with E-state index < -0.39 is 16.0 Å². The van der Waals surface area contributed by atoms with Crippen molar-refractivity contribution < 1.29 is 23.1 Å². The predicted octanol–water partition coefficient (Wildman–Crippen LogP) is -0.276. The van der Waals surface area contributed by atoms with E-state index >= 15 is 0 Å². The summed E-state index contributed by atoms with van der Waals surface area (Å²) in [6, 6.07) is 3.34. The molecule has 0 atom stereocenters.